The molecule has 0 aliphatic rings. The Hall–Kier alpha value is -9.40. The van der Waals surface area contributed by atoms with Crippen molar-refractivity contribution in [2.75, 3.05) is 0 Å². The van der Waals surface area contributed by atoms with Crippen LogP contribution in [0.5, 0.6) is 46.0 Å². The predicted octanol–water partition coefficient (Wildman–Crippen LogP) is 20.4. The molecule has 10 rings (SSSR count). The number of hydrogen-bond donors (Lipinski definition) is 8. The van der Waals surface area contributed by atoms with E-state index in [1.807, 2.05) is 134 Å². The minimum atomic E-state index is -1.01. The quantitative estimate of drug-likeness (QED) is 0.0418. The molecule has 0 aromatic heterocycles. The normalized spacial score (nSPS) is 12.4. The molecule has 10 aromatic carbocycles. The van der Waals surface area contributed by atoms with Gasteiger partial charge in [0.05, 0.1) is 0 Å². The summed E-state index contributed by atoms with van der Waals surface area (Å²) >= 11 is 0. The Labute approximate surface area is 582 Å². The lowest BCUT2D eigenvalue weighted by Gasteiger charge is -2.35. The molecule has 98 heavy (non-hydrogen) atoms. The molecule has 0 heterocycles. The Morgan fingerprint density at radius 3 is 0.643 bits per heavy atom. The number of phenolic OH excluding ortho intramolecular Hbond substituents is 8. The summed E-state index contributed by atoms with van der Waals surface area (Å²) in [6, 6.07) is 34.3. The highest BCUT2D eigenvalue weighted by atomic mass is 16.3. The third-order valence-electron chi connectivity index (χ3n) is 23.6. The first-order valence-corrected chi connectivity index (χ1v) is 34.5. The molecule has 0 saturated carbocycles. The molecule has 0 bridgehead atoms. The lowest BCUT2D eigenvalue weighted by molar-refractivity contribution is 0.460. The molecule has 1 atom stereocenters. The molecule has 0 radical (unpaired) electrons. The van der Waals surface area contributed by atoms with Gasteiger partial charge >= 0.3 is 0 Å². The van der Waals surface area contributed by atoms with Gasteiger partial charge in [0.1, 0.15) is 46.0 Å². The van der Waals surface area contributed by atoms with Gasteiger partial charge in [-0.1, -0.05) is 111 Å². The van der Waals surface area contributed by atoms with Crippen LogP contribution in [0.1, 0.15) is 221 Å². The highest BCUT2D eigenvalue weighted by molar-refractivity contribution is 5.64. The van der Waals surface area contributed by atoms with Gasteiger partial charge in [0, 0.05) is 49.4 Å². The number of aromatic hydroxyl groups is 8. The van der Waals surface area contributed by atoms with E-state index >= 15 is 0 Å². The molecule has 1 unspecified atom stereocenters. The summed E-state index contributed by atoms with van der Waals surface area (Å²) < 4.78 is 0. The molecule has 0 saturated heterocycles. The van der Waals surface area contributed by atoms with Crippen molar-refractivity contribution in [3.63, 3.8) is 0 Å². The molecule has 0 aliphatic carbocycles. The van der Waals surface area contributed by atoms with Gasteiger partial charge in [0.25, 0.3) is 0 Å². The minimum absolute atomic E-state index is 0.171. The molecule has 510 valence electrons. The second-order valence-electron chi connectivity index (χ2n) is 29.8. The van der Waals surface area contributed by atoms with Gasteiger partial charge in [-0.3, -0.25) is 0 Å². The summed E-state index contributed by atoms with van der Waals surface area (Å²) in [4.78, 5) is 0. The van der Waals surface area contributed by atoms with E-state index in [4.69, 9.17) is 0 Å². The Morgan fingerprint density at radius 2 is 0.398 bits per heavy atom. The van der Waals surface area contributed by atoms with Crippen LogP contribution in [0.4, 0.5) is 0 Å². The van der Waals surface area contributed by atoms with Crippen molar-refractivity contribution in [2.24, 2.45) is 0 Å². The average molecular weight is 1310 g/mol. The van der Waals surface area contributed by atoms with Gasteiger partial charge in [-0.25, -0.2) is 0 Å². The summed E-state index contributed by atoms with van der Waals surface area (Å²) in [5, 5.41) is 94.3. The smallest absolute Gasteiger partial charge is 0.122 e. The van der Waals surface area contributed by atoms with Crippen LogP contribution >= 0.6 is 0 Å². The van der Waals surface area contributed by atoms with Gasteiger partial charge in [-0.05, 0) is 339 Å². The maximum absolute atomic E-state index is 13.0. The number of hydrogen-bond acceptors (Lipinski definition) is 8. The third-order valence-corrected chi connectivity index (χ3v) is 23.6. The van der Waals surface area contributed by atoms with E-state index in [0.717, 1.165) is 167 Å². The summed E-state index contributed by atoms with van der Waals surface area (Å²) in [5.74, 6) is 1.92. The molecule has 0 aliphatic heterocycles. The van der Waals surface area contributed by atoms with E-state index < -0.39 is 10.8 Å². The second-order valence-corrected chi connectivity index (χ2v) is 29.8. The van der Waals surface area contributed by atoms with Gasteiger partial charge in [-0.15, -0.1) is 0 Å². The fourth-order valence-electron chi connectivity index (χ4n) is 15.3. The zero-order chi connectivity index (χ0) is 72.0. The van der Waals surface area contributed by atoms with Crippen LogP contribution in [0.15, 0.2) is 97.1 Å². The van der Waals surface area contributed by atoms with Crippen LogP contribution in [0, 0.1) is 132 Å². The molecule has 8 N–H and O–H groups in total. The highest BCUT2D eigenvalue weighted by Crippen LogP contribution is 2.48. The molecule has 8 nitrogen and oxygen atoms in total. The lowest BCUT2D eigenvalue weighted by atomic mass is 9.68. The highest BCUT2D eigenvalue weighted by Gasteiger charge is 2.37. The number of rotatable bonds is 17. The van der Waals surface area contributed by atoms with Crippen LogP contribution in [0.2, 0.25) is 0 Å². The Balaban J connectivity index is 1.25. The zero-order valence-corrected chi connectivity index (χ0v) is 62.1. The predicted molar refractivity (Wildman–Crippen MR) is 402 cm³/mol. The number of aryl methyl sites for hydroxylation is 6. The lowest BCUT2D eigenvalue weighted by Crippen LogP contribution is -2.27. The van der Waals surface area contributed by atoms with Crippen LogP contribution in [0.25, 0.3) is 0 Å². The summed E-state index contributed by atoms with van der Waals surface area (Å²) in [6.07, 6.45) is 2.41. The van der Waals surface area contributed by atoms with E-state index in [1.54, 1.807) is 0 Å². The molecular weight excluding hydrogens is 1210 g/mol. The molecule has 0 fully saturated rings. The van der Waals surface area contributed by atoms with Crippen LogP contribution in [-0.2, 0) is 49.4 Å². The Kier molecular flexibility index (Phi) is 19.5. The second kappa shape index (κ2) is 26.8. The third kappa shape index (κ3) is 12.8. The van der Waals surface area contributed by atoms with E-state index in [0.29, 0.717) is 49.7 Å². The maximum Gasteiger partial charge on any atom is 0.122 e. The van der Waals surface area contributed by atoms with Crippen molar-refractivity contribution >= 4 is 0 Å². The first-order chi connectivity index (χ1) is 45.9. The summed E-state index contributed by atoms with van der Waals surface area (Å²) in [7, 11) is 0. The van der Waals surface area contributed by atoms with Crippen molar-refractivity contribution in [1.82, 2.24) is 0 Å². The van der Waals surface area contributed by atoms with Gasteiger partial charge < -0.3 is 40.9 Å². The summed E-state index contributed by atoms with van der Waals surface area (Å²) in [5.41, 5.74) is 31.1. The van der Waals surface area contributed by atoms with E-state index in [1.165, 1.54) is 22.3 Å². The first-order valence-electron chi connectivity index (χ1n) is 34.5. The fraction of sp³-hybridized carbons (Fsp3) is 0.333. The fourth-order valence-corrected chi connectivity index (χ4v) is 15.3. The zero-order valence-electron chi connectivity index (χ0n) is 62.1. The molecule has 10 aromatic rings. The SMILES string of the molecule is Cc1cc(Cc2cc(C(C)(c3ccc(C(C)(C)c4cc(Cc5cc(C)c(O)c(C)c5C)c(O)c(Cc5cc(C)c(O)c(C)c5C)c4)cc3)c3cc(Cc4cc(C)c(O)c(C)c4C)c(O)c(Cc4cc(C)c(O)c(C)c4C)c3)cc(Cc3cc(C)c(O)c(C)c3C)c2O)c(C)c(C)c1C. The van der Waals surface area contributed by atoms with E-state index in [-0.39, 0.29) is 46.0 Å². The Morgan fingerprint density at radius 1 is 0.194 bits per heavy atom. The van der Waals surface area contributed by atoms with Gasteiger partial charge in [0.2, 0.25) is 0 Å². The van der Waals surface area contributed by atoms with Crippen LogP contribution in [0.3, 0.4) is 0 Å². The molecule has 0 spiro atoms. The van der Waals surface area contributed by atoms with Crippen molar-refractivity contribution in [1.29, 1.82) is 0 Å². The monoisotopic (exact) mass is 1310 g/mol. The standard InChI is InChI=1S/C90H102O8/c1-45-27-64(53(9)52(8)51(45)7)33-72-41-79(42-73(87(72)97)36-67-30-48(4)83(93)61(17)56(67)12)90(22,80-43-74(37-68-31-49(5)84(94)62(18)57(68)13)88(98)75(44-80)38-69-32-50(6)85(95)63(19)58(69)14)77-25-23-76(24-26-77)89(20,21)78-39-70(34-65-28-46(2)81(91)59(15)54(65)10)86(96)71(40-78)35-66-29-47(3)82(92)60(16)55(66)11/h23-32,39-44,91-98H,33-38H2,1-22H3. The van der Waals surface area contributed by atoms with Crippen molar-refractivity contribution < 1.29 is 40.9 Å². The van der Waals surface area contributed by atoms with Crippen molar-refractivity contribution in [2.45, 2.75) is 202 Å². The van der Waals surface area contributed by atoms with Crippen molar-refractivity contribution in [3.05, 3.63) is 297 Å². The maximum atomic E-state index is 13.0. The largest absolute Gasteiger partial charge is 0.507 e. The topological polar surface area (TPSA) is 162 Å². The number of phenols is 8. The van der Waals surface area contributed by atoms with E-state index in [9.17, 15) is 40.9 Å². The first kappa shape index (κ1) is 71.4. The summed E-state index contributed by atoms with van der Waals surface area (Å²) in [6.45, 7) is 44.8. The van der Waals surface area contributed by atoms with E-state index in [2.05, 4.69) is 115 Å². The molecule has 8 heteroatoms. The van der Waals surface area contributed by atoms with Crippen LogP contribution in [-0.4, -0.2) is 40.9 Å². The molecular formula is C90H102O8. The Bertz CT molecular complexity index is 4450. The van der Waals surface area contributed by atoms with Crippen LogP contribution < -0.4 is 0 Å². The van der Waals surface area contributed by atoms with Gasteiger partial charge in [0.15, 0.2) is 0 Å². The number of benzene rings is 10. The van der Waals surface area contributed by atoms with Crippen molar-refractivity contribution in [3.8, 4) is 46.0 Å². The average Bonchev–Trinajstić information content (AvgIpc) is 0.737. The van der Waals surface area contributed by atoms with Gasteiger partial charge in [-0.2, -0.15) is 0 Å². The minimum Gasteiger partial charge on any atom is -0.507 e. The molecule has 0 amide bonds.